The van der Waals surface area contributed by atoms with Gasteiger partial charge < -0.3 is 0 Å². The maximum absolute atomic E-state index is 6.67. The van der Waals surface area contributed by atoms with Gasteiger partial charge in [-0.3, -0.25) is 4.90 Å². The molecule has 118 valence electrons. The van der Waals surface area contributed by atoms with Gasteiger partial charge in [0.25, 0.3) is 0 Å². The Hall–Kier alpha value is -1.31. The lowest BCUT2D eigenvalue weighted by Gasteiger charge is -2.29. The van der Waals surface area contributed by atoms with Crippen LogP contribution in [0.1, 0.15) is 42.8 Å². The lowest BCUT2D eigenvalue weighted by atomic mass is 10.1. The van der Waals surface area contributed by atoms with Crippen LogP contribution in [0.4, 0.5) is 0 Å². The SMILES string of the molecule is CCc1ccc(C(Cl)CN(Cc2ccccc2)C(C)C)cc1. The largest absolute Gasteiger partial charge is 0.295 e. The molecule has 22 heavy (non-hydrogen) atoms. The van der Waals surface area contributed by atoms with E-state index in [1.54, 1.807) is 0 Å². The van der Waals surface area contributed by atoms with E-state index in [1.165, 1.54) is 16.7 Å². The molecule has 0 aliphatic carbocycles. The van der Waals surface area contributed by atoms with E-state index in [-0.39, 0.29) is 5.38 Å². The normalized spacial score (nSPS) is 12.8. The van der Waals surface area contributed by atoms with Gasteiger partial charge in [0.2, 0.25) is 0 Å². The number of halogens is 1. The monoisotopic (exact) mass is 315 g/mol. The molecule has 2 aromatic rings. The van der Waals surface area contributed by atoms with Gasteiger partial charge in [-0.15, -0.1) is 11.6 Å². The molecule has 0 N–H and O–H groups in total. The summed E-state index contributed by atoms with van der Waals surface area (Å²) in [5.41, 5.74) is 3.90. The van der Waals surface area contributed by atoms with E-state index in [4.69, 9.17) is 11.6 Å². The predicted molar refractivity (Wildman–Crippen MR) is 96.4 cm³/mol. The lowest BCUT2D eigenvalue weighted by Crippen LogP contribution is -2.33. The summed E-state index contributed by atoms with van der Waals surface area (Å²) in [7, 11) is 0. The summed E-state index contributed by atoms with van der Waals surface area (Å²) in [6.45, 7) is 8.43. The van der Waals surface area contributed by atoms with Crippen LogP contribution >= 0.6 is 11.6 Å². The topological polar surface area (TPSA) is 3.24 Å². The Morgan fingerprint density at radius 1 is 0.909 bits per heavy atom. The number of rotatable bonds is 7. The van der Waals surface area contributed by atoms with Crippen LogP contribution in [0.3, 0.4) is 0 Å². The van der Waals surface area contributed by atoms with Crippen molar-refractivity contribution in [3.05, 3.63) is 71.3 Å². The van der Waals surface area contributed by atoms with Crippen LogP contribution in [0.2, 0.25) is 0 Å². The summed E-state index contributed by atoms with van der Waals surface area (Å²) >= 11 is 6.67. The predicted octanol–water partition coefficient (Wildman–Crippen LogP) is 5.44. The molecule has 0 heterocycles. The van der Waals surface area contributed by atoms with E-state index in [0.717, 1.165) is 19.5 Å². The third-order valence-corrected chi connectivity index (χ3v) is 4.49. The Morgan fingerprint density at radius 3 is 2.09 bits per heavy atom. The molecule has 2 rings (SSSR count). The Morgan fingerprint density at radius 2 is 1.55 bits per heavy atom. The molecule has 2 aromatic carbocycles. The maximum Gasteiger partial charge on any atom is 0.0712 e. The minimum Gasteiger partial charge on any atom is -0.295 e. The zero-order chi connectivity index (χ0) is 15.9. The molecule has 1 unspecified atom stereocenters. The van der Waals surface area contributed by atoms with E-state index in [1.807, 2.05) is 0 Å². The maximum atomic E-state index is 6.67. The second kappa shape index (κ2) is 8.36. The van der Waals surface area contributed by atoms with Crippen molar-refractivity contribution in [3.8, 4) is 0 Å². The van der Waals surface area contributed by atoms with E-state index in [2.05, 4.69) is 80.3 Å². The Kier molecular flexibility index (Phi) is 6.48. The number of hydrogen-bond acceptors (Lipinski definition) is 1. The summed E-state index contributed by atoms with van der Waals surface area (Å²) in [4.78, 5) is 2.43. The molecule has 1 nitrogen and oxygen atoms in total. The Labute approximate surface area is 139 Å². The van der Waals surface area contributed by atoms with Crippen LogP contribution < -0.4 is 0 Å². The number of hydrogen-bond donors (Lipinski definition) is 0. The molecule has 1 atom stereocenters. The summed E-state index contributed by atoms with van der Waals surface area (Å²) in [5.74, 6) is 0. The molecule has 0 spiro atoms. The molecule has 2 heteroatoms. The van der Waals surface area contributed by atoms with Crippen LogP contribution in [0.25, 0.3) is 0 Å². The van der Waals surface area contributed by atoms with Gasteiger partial charge in [-0.25, -0.2) is 0 Å². The number of alkyl halides is 1. The second-order valence-electron chi connectivity index (χ2n) is 6.07. The average molecular weight is 316 g/mol. The average Bonchev–Trinajstić information content (AvgIpc) is 2.55. The van der Waals surface area contributed by atoms with Gasteiger partial charge in [0.15, 0.2) is 0 Å². The number of benzene rings is 2. The van der Waals surface area contributed by atoms with Gasteiger partial charge in [0, 0.05) is 19.1 Å². The van der Waals surface area contributed by atoms with Crippen molar-refractivity contribution in [2.45, 2.75) is 45.2 Å². The highest BCUT2D eigenvalue weighted by Gasteiger charge is 2.16. The summed E-state index contributed by atoms with van der Waals surface area (Å²) in [6, 6.07) is 19.8. The van der Waals surface area contributed by atoms with Crippen molar-refractivity contribution < 1.29 is 0 Å². The molecule has 0 aliphatic rings. The molecule has 0 saturated carbocycles. The first-order valence-corrected chi connectivity index (χ1v) is 8.54. The van der Waals surface area contributed by atoms with Crippen molar-refractivity contribution in [2.75, 3.05) is 6.54 Å². The first kappa shape index (κ1) is 17.1. The first-order chi connectivity index (χ1) is 10.6. The quantitative estimate of drug-likeness (QED) is 0.615. The molecular formula is C20H26ClN. The van der Waals surface area contributed by atoms with Gasteiger partial charge in [0.1, 0.15) is 0 Å². The Balaban J connectivity index is 2.03. The van der Waals surface area contributed by atoms with Gasteiger partial charge in [-0.2, -0.15) is 0 Å². The van der Waals surface area contributed by atoms with Crippen molar-refractivity contribution in [3.63, 3.8) is 0 Å². The van der Waals surface area contributed by atoms with E-state index in [9.17, 15) is 0 Å². The van der Waals surface area contributed by atoms with Crippen LogP contribution in [-0.4, -0.2) is 17.5 Å². The highest BCUT2D eigenvalue weighted by atomic mass is 35.5. The summed E-state index contributed by atoms with van der Waals surface area (Å²) < 4.78 is 0. The molecule has 0 bridgehead atoms. The Bertz CT molecular complexity index is 548. The molecule has 0 saturated heterocycles. The van der Waals surface area contributed by atoms with Gasteiger partial charge in [-0.1, -0.05) is 61.5 Å². The molecule has 0 aromatic heterocycles. The zero-order valence-electron chi connectivity index (χ0n) is 13.8. The molecule has 0 fully saturated rings. The third kappa shape index (κ3) is 4.86. The second-order valence-corrected chi connectivity index (χ2v) is 6.60. The fourth-order valence-corrected chi connectivity index (χ4v) is 2.87. The minimum absolute atomic E-state index is 0.0250. The summed E-state index contributed by atoms with van der Waals surface area (Å²) in [6.07, 6.45) is 1.07. The third-order valence-electron chi connectivity index (χ3n) is 4.10. The zero-order valence-corrected chi connectivity index (χ0v) is 14.6. The smallest absolute Gasteiger partial charge is 0.0712 e. The van der Waals surface area contributed by atoms with Crippen molar-refractivity contribution >= 4 is 11.6 Å². The van der Waals surface area contributed by atoms with Crippen molar-refractivity contribution in [1.82, 2.24) is 4.90 Å². The van der Waals surface area contributed by atoms with Crippen LogP contribution in [-0.2, 0) is 13.0 Å². The molecular weight excluding hydrogens is 290 g/mol. The number of nitrogens with zero attached hydrogens (tertiary/aromatic N) is 1. The fourth-order valence-electron chi connectivity index (χ4n) is 2.55. The van der Waals surface area contributed by atoms with Crippen LogP contribution in [0, 0.1) is 0 Å². The highest BCUT2D eigenvalue weighted by Crippen LogP contribution is 2.24. The molecule has 0 radical (unpaired) electrons. The van der Waals surface area contributed by atoms with Crippen LogP contribution in [0.5, 0.6) is 0 Å². The standard InChI is InChI=1S/C20H26ClN/c1-4-17-10-12-19(13-11-17)20(21)15-22(16(2)3)14-18-8-6-5-7-9-18/h5-13,16,20H,4,14-15H2,1-3H3. The number of aryl methyl sites for hydroxylation is 1. The van der Waals surface area contributed by atoms with E-state index in [0.29, 0.717) is 6.04 Å². The summed E-state index contributed by atoms with van der Waals surface area (Å²) in [5, 5.41) is 0.0250. The highest BCUT2D eigenvalue weighted by molar-refractivity contribution is 6.21. The lowest BCUT2D eigenvalue weighted by molar-refractivity contribution is 0.213. The van der Waals surface area contributed by atoms with Gasteiger partial charge in [-0.05, 0) is 37.0 Å². The van der Waals surface area contributed by atoms with Crippen molar-refractivity contribution in [1.29, 1.82) is 0 Å². The van der Waals surface area contributed by atoms with E-state index < -0.39 is 0 Å². The van der Waals surface area contributed by atoms with Gasteiger partial charge in [0.05, 0.1) is 5.38 Å². The first-order valence-electron chi connectivity index (χ1n) is 8.11. The van der Waals surface area contributed by atoms with Crippen LogP contribution in [0.15, 0.2) is 54.6 Å². The fraction of sp³-hybridized carbons (Fsp3) is 0.400. The van der Waals surface area contributed by atoms with Crippen molar-refractivity contribution in [2.24, 2.45) is 0 Å². The van der Waals surface area contributed by atoms with Gasteiger partial charge >= 0.3 is 0 Å². The molecule has 0 amide bonds. The molecule has 0 aliphatic heterocycles. The van der Waals surface area contributed by atoms with E-state index >= 15 is 0 Å². The minimum atomic E-state index is 0.0250.